The molecule has 1 aromatic rings. The predicted molar refractivity (Wildman–Crippen MR) is 82.3 cm³/mol. The number of hydrogen-bond acceptors (Lipinski definition) is 4. The van der Waals surface area contributed by atoms with Crippen LogP contribution in [0.4, 0.5) is 0 Å². The van der Waals surface area contributed by atoms with Gasteiger partial charge in [0, 0.05) is 19.0 Å². The van der Waals surface area contributed by atoms with Crippen LogP contribution in [0, 0.1) is 12.8 Å². The van der Waals surface area contributed by atoms with Crippen LogP contribution in [-0.4, -0.2) is 30.8 Å². The maximum atomic E-state index is 12.5. The smallest absolute Gasteiger partial charge is 0.252 e. The number of thiophene rings is 1. The number of piperidine rings is 1. The van der Waals surface area contributed by atoms with Crippen LogP contribution in [0.1, 0.15) is 18.4 Å². The van der Waals surface area contributed by atoms with Crippen molar-refractivity contribution in [2.75, 3.05) is 13.1 Å². The summed E-state index contributed by atoms with van der Waals surface area (Å²) in [5.74, 6) is -0.0324. The minimum Gasteiger partial charge on any atom is -0.393 e. The van der Waals surface area contributed by atoms with Gasteiger partial charge in [-0.1, -0.05) is 23.8 Å². The fraction of sp³-hybridized carbons (Fsp3) is 0.545. The second-order valence-corrected chi connectivity index (χ2v) is 8.92. The van der Waals surface area contributed by atoms with Gasteiger partial charge in [0.15, 0.2) is 0 Å². The summed E-state index contributed by atoms with van der Waals surface area (Å²) in [5.41, 5.74) is 6.42. The van der Waals surface area contributed by atoms with E-state index in [0.29, 0.717) is 26.6 Å². The van der Waals surface area contributed by atoms with E-state index in [0.717, 1.165) is 29.7 Å². The van der Waals surface area contributed by atoms with Gasteiger partial charge in [0.1, 0.15) is 4.21 Å². The van der Waals surface area contributed by atoms with Crippen LogP contribution < -0.4 is 5.73 Å². The fourth-order valence-electron chi connectivity index (χ4n) is 2.08. The van der Waals surface area contributed by atoms with Gasteiger partial charge in [-0.25, -0.2) is 8.42 Å². The molecule has 2 N–H and O–H groups in total. The third-order valence-corrected chi connectivity index (χ3v) is 7.42. The number of hydrogen-bond donors (Lipinski definition) is 1. The standard InChI is InChI=1S/C11H15ClN2O2S3/c1-7-5-9(18-10(7)12)19(15,16)14-4-2-3-8(6-14)11(13)17/h5,8H,2-4,6H2,1H3,(H2,13,17). The number of halogens is 1. The molecule has 0 amide bonds. The van der Waals surface area contributed by atoms with Crippen molar-refractivity contribution in [3.05, 3.63) is 16.0 Å². The van der Waals surface area contributed by atoms with E-state index in [-0.39, 0.29) is 5.92 Å². The molecule has 8 heteroatoms. The second-order valence-electron chi connectivity index (χ2n) is 4.63. The fourth-order valence-corrected chi connectivity index (χ4v) is 5.66. The summed E-state index contributed by atoms with van der Waals surface area (Å²) in [4.78, 5) is 0.389. The molecule has 1 unspecified atom stereocenters. The molecule has 19 heavy (non-hydrogen) atoms. The van der Waals surface area contributed by atoms with Crippen LogP contribution >= 0.6 is 35.2 Å². The molecule has 1 fully saturated rings. The van der Waals surface area contributed by atoms with Crippen LogP contribution in [0.25, 0.3) is 0 Å². The van der Waals surface area contributed by atoms with Crippen molar-refractivity contribution in [3.63, 3.8) is 0 Å². The van der Waals surface area contributed by atoms with Gasteiger partial charge in [0.05, 0.1) is 9.32 Å². The quantitative estimate of drug-likeness (QED) is 0.859. The van der Waals surface area contributed by atoms with E-state index in [1.54, 1.807) is 13.0 Å². The van der Waals surface area contributed by atoms with Crippen molar-refractivity contribution in [2.45, 2.75) is 24.0 Å². The van der Waals surface area contributed by atoms with Crippen molar-refractivity contribution < 1.29 is 8.42 Å². The number of nitrogens with zero attached hydrogens (tertiary/aromatic N) is 1. The Morgan fingerprint density at radius 1 is 1.63 bits per heavy atom. The van der Waals surface area contributed by atoms with Crippen molar-refractivity contribution in [2.24, 2.45) is 11.7 Å². The summed E-state index contributed by atoms with van der Waals surface area (Å²) in [6.45, 7) is 2.67. The zero-order chi connectivity index (χ0) is 14.2. The first-order chi connectivity index (χ1) is 8.82. The second kappa shape index (κ2) is 5.65. The van der Waals surface area contributed by atoms with Gasteiger partial charge < -0.3 is 5.73 Å². The summed E-state index contributed by atoms with van der Waals surface area (Å²) < 4.78 is 27.3. The maximum Gasteiger partial charge on any atom is 0.252 e. The van der Waals surface area contributed by atoms with Gasteiger partial charge in [-0.05, 0) is 31.4 Å². The molecule has 1 atom stereocenters. The molecule has 1 aliphatic rings. The van der Waals surface area contributed by atoms with Crippen LogP contribution in [0.5, 0.6) is 0 Å². The summed E-state index contributed by atoms with van der Waals surface area (Å²) in [6, 6.07) is 1.62. The van der Waals surface area contributed by atoms with Gasteiger partial charge >= 0.3 is 0 Å². The highest BCUT2D eigenvalue weighted by Gasteiger charge is 2.32. The lowest BCUT2D eigenvalue weighted by Crippen LogP contribution is -2.43. The molecule has 0 spiro atoms. The van der Waals surface area contributed by atoms with E-state index in [2.05, 4.69) is 0 Å². The van der Waals surface area contributed by atoms with Gasteiger partial charge in [-0.15, -0.1) is 11.3 Å². The van der Waals surface area contributed by atoms with E-state index in [1.807, 2.05) is 0 Å². The molecular formula is C11H15ClN2O2S3. The molecule has 0 aromatic carbocycles. The third-order valence-electron chi connectivity index (χ3n) is 3.22. The Labute approximate surface area is 127 Å². The Morgan fingerprint density at radius 3 is 2.84 bits per heavy atom. The van der Waals surface area contributed by atoms with Crippen LogP contribution in [0.2, 0.25) is 4.34 Å². The zero-order valence-corrected chi connectivity index (χ0v) is 13.6. The molecule has 2 heterocycles. The summed E-state index contributed by atoms with van der Waals surface area (Å²) in [6.07, 6.45) is 1.63. The molecule has 1 aliphatic heterocycles. The van der Waals surface area contributed by atoms with Crippen LogP contribution in [0.15, 0.2) is 10.3 Å². The maximum absolute atomic E-state index is 12.5. The van der Waals surface area contributed by atoms with Gasteiger partial charge in [-0.2, -0.15) is 4.31 Å². The Kier molecular flexibility index (Phi) is 4.52. The first-order valence-electron chi connectivity index (χ1n) is 5.88. The van der Waals surface area contributed by atoms with Gasteiger partial charge in [-0.3, -0.25) is 0 Å². The first kappa shape index (κ1) is 15.2. The van der Waals surface area contributed by atoms with Crippen molar-refractivity contribution >= 4 is 50.2 Å². The van der Waals surface area contributed by atoms with Crippen molar-refractivity contribution in [1.82, 2.24) is 4.31 Å². The van der Waals surface area contributed by atoms with E-state index in [4.69, 9.17) is 29.6 Å². The summed E-state index contributed by atoms with van der Waals surface area (Å²) in [7, 11) is -3.48. The summed E-state index contributed by atoms with van der Waals surface area (Å²) >= 11 is 12.0. The molecule has 1 aromatic heterocycles. The topological polar surface area (TPSA) is 63.4 Å². The molecule has 106 valence electrons. The van der Waals surface area contributed by atoms with E-state index in [9.17, 15) is 8.42 Å². The Morgan fingerprint density at radius 2 is 2.32 bits per heavy atom. The minimum atomic E-state index is -3.48. The molecule has 0 saturated carbocycles. The molecular weight excluding hydrogens is 324 g/mol. The van der Waals surface area contributed by atoms with Gasteiger partial charge in [0.2, 0.25) is 0 Å². The van der Waals surface area contributed by atoms with Crippen LogP contribution in [-0.2, 0) is 10.0 Å². The molecule has 0 bridgehead atoms. The highest BCUT2D eigenvalue weighted by molar-refractivity contribution is 7.91. The number of rotatable bonds is 3. The monoisotopic (exact) mass is 338 g/mol. The van der Waals surface area contributed by atoms with Crippen molar-refractivity contribution in [1.29, 1.82) is 0 Å². The third kappa shape index (κ3) is 3.11. The molecule has 0 radical (unpaired) electrons. The SMILES string of the molecule is Cc1cc(S(=O)(=O)N2CCCC(C(N)=S)C2)sc1Cl. The van der Waals surface area contributed by atoms with E-state index >= 15 is 0 Å². The number of sulfonamides is 1. The lowest BCUT2D eigenvalue weighted by atomic mass is 10.0. The lowest BCUT2D eigenvalue weighted by molar-refractivity contribution is 0.313. The number of aryl methyl sites for hydroxylation is 1. The highest BCUT2D eigenvalue weighted by atomic mass is 35.5. The molecule has 4 nitrogen and oxygen atoms in total. The summed E-state index contributed by atoms with van der Waals surface area (Å²) in [5, 5.41) is 0. The first-order valence-corrected chi connectivity index (χ1v) is 8.92. The largest absolute Gasteiger partial charge is 0.393 e. The van der Waals surface area contributed by atoms with Crippen molar-refractivity contribution in [3.8, 4) is 0 Å². The Hall–Kier alpha value is -0.210. The predicted octanol–water partition coefficient (Wildman–Crippen LogP) is 2.40. The molecule has 2 rings (SSSR count). The van der Waals surface area contributed by atoms with Crippen LogP contribution in [0.3, 0.4) is 0 Å². The molecule has 0 aliphatic carbocycles. The zero-order valence-electron chi connectivity index (χ0n) is 10.4. The molecule has 1 saturated heterocycles. The average Bonchev–Trinajstić information content (AvgIpc) is 2.70. The lowest BCUT2D eigenvalue weighted by Gasteiger charge is -2.30. The van der Waals surface area contributed by atoms with Gasteiger partial charge in [0.25, 0.3) is 10.0 Å². The minimum absolute atomic E-state index is 0.0324. The number of nitrogens with two attached hydrogens (primary N) is 1. The number of thiocarbonyl (C=S) groups is 1. The normalized spacial score (nSPS) is 21.5. The average molecular weight is 339 g/mol. The Bertz CT molecular complexity index is 578. The van der Waals surface area contributed by atoms with E-state index < -0.39 is 10.0 Å². The van der Waals surface area contributed by atoms with E-state index in [1.165, 1.54) is 4.31 Å². The highest BCUT2D eigenvalue weighted by Crippen LogP contribution is 2.33. The Balaban J connectivity index is 2.26.